The summed E-state index contributed by atoms with van der Waals surface area (Å²) in [6, 6.07) is 22.4. The van der Waals surface area contributed by atoms with Crippen LogP contribution in [0.2, 0.25) is 0 Å². The Bertz CT molecular complexity index is 1420. The average molecular weight is 437 g/mol. The number of fused-ring (bicyclic) bond motifs is 3. The second kappa shape index (κ2) is 7.30. The molecule has 2 atom stereocenters. The summed E-state index contributed by atoms with van der Waals surface area (Å²) in [6.45, 7) is 2.05. The van der Waals surface area contributed by atoms with Crippen molar-refractivity contribution in [2.75, 3.05) is 5.32 Å². The third-order valence-electron chi connectivity index (χ3n) is 6.10. The molecule has 162 valence electrons. The zero-order valence-electron chi connectivity index (χ0n) is 17.7. The highest BCUT2D eigenvalue weighted by atomic mass is 16.6. The first-order valence-corrected chi connectivity index (χ1v) is 10.6. The molecule has 2 aliphatic rings. The summed E-state index contributed by atoms with van der Waals surface area (Å²) in [6.07, 6.45) is 0.975. The van der Waals surface area contributed by atoms with Crippen LogP contribution in [0.3, 0.4) is 0 Å². The maximum Gasteiger partial charge on any atom is 0.269 e. The van der Waals surface area contributed by atoms with Crippen LogP contribution < -0.4 is 10.1 Å². The zero-order valence-corrected chi connectivity index (χ0v) is 17.7. The molecule has 8 heteroatoms. The number of nitrogens with one attached hydrogen (secondary N) is 1. The molecule has 0 saturated carbocycles. The van der Waals surface area contributed by atoms with E-state index in [-0.39, 0.29) is 16.7 Å². The monoisotopic (exact) mass is 437 g/mol. The Labute approximate surface area is 189 Å². The number of nitrogens with zero attached hydrogens (tertiary/aromatic N) is 4. The van der Waals surface area contributed by atoms with E-state index >= 15 is 0 Å². The molecular formula is C25H19N5O3. The maximum atomic E-state index is 11.5. The van der Waals surface area contributed by atoms with E-state index in [4.69, 9.17) is 4.74 Å². The van der Waals surface area contributed by atoms with Crippen molar-refractivity contribution in [3.05, 3.63) is 117 Å². The summed E-state index contributed by atoms with van der Waals surface area (Å²) < 4.78 is 8.35. The molecule has 0 fully saturated rings. The van der Waals surface area contributed by atoms with Gasteiger partial charge in [-0.15, -0.1) is 0 Å². The van der Waals surface area contributed by atoms with E-state index in [2.05, 4.69) is 39.7 Å². The molecule has 0 bridgehead atoms. The lowest BCUT2D eigenvalue weighted by Crippen LogP contribution is -2.32. The number of benzene rings is 3. The quantitative estimate of drug-likeness (QED) is 0.356. The van der Waals surface area contributed by atoms with E-state index in [0.717, 1.165) is 28.0 Å². The average Bonchev–Trinajstić information content (AvgIpc) is 3.31. The molecule has 2 aliphatic heterocycles. The van der Waals surface area contributed by atoms with Crippen LogP contribution in [0.25, 0.3) is 5.70 Å². The van der Waals surface area contributed by atoms with E-state index in [0.29, 0.717) is 17.3 Å². The molecule has 0 radical (unpaired) electrons. The Balaban J connectivity index is 1.62. The van der Waals surface area contributed by atoms with Crippen LogP contribution in [0.5, 0.6) is 5.75 Å². The van der Waals surface area contributed by atoms with E-state index in [1.165, 1.54) is 12.4 Å². The fourth-order valence-electron chi connectivity index (χ4n) is 4.56. The van der Waals surface area contributed by atoms with Crippen molar-refractivity contribution >= 4 is 17.3 Å². The molecular weight excluding hydrogens is 418 g/mol. The third kappa shape index (κ3) is 3.07. The molecule has 0 aliphatic carbocycles. The molecule has 0 spiro atoms. The van der Waals surface area contributed by atoms with Crippen molar-refractivity contribution in [3.63, 3.8) is 0 Å². The van der Waals surface area contributed by atoms with Gasteiger partial charge in [0.05, 0.1) is 10.6 Å². The van der Waals surface area contributed by atoms with Crippen LogP contribution in [0, 0.1) is 17.0 Å². The third-order valence-corrected chi connectivity index (χ3v) is 6.10. The van der Waals surface area contributed by atoms with Gasteiger partial charge in [0.15, 0.2) is 0 Å². The van der Waals surface area contributed by atoms with E-state index < -0.39 is 6.10 Å². The maximum absolute atomic E-state index is 11.5. The van der Waals surface area contributed by atoms with E-state index in [1.54, 1.807) is 12.1 Å². The standard InChI is InChI=1S/C25H19N5O3/c1-15-9-11-16(12-10-15)23-21-22(28-25-26-14-27-29(23)25)19-7-2-3-8-20(19)33-24(21)17-5-4-6-18(13-17)30(31)32/h2-14,23-24H,1H3,(H,26,27,28)/t23-,24+/m0/s1. The number of nitro groups is 1. The molecule has 6 rings (SSSR count). The highest BCUT2D eigenvalue weighted by molar-refractivity contribution is 5.85. The van der Waals surface area contributed by atoms with Crippen molar-refractivity contribution in [3.8, 4) is 5.75 Å². The van der Waals surface area contributed by atoms with E-state index in [1.807, 2.05) is 41.9 Å². The van der Waals surface area contributed by atoms with Gasteiger partial charge in [0.25, 0.3) is 5.69 Å². The van der Waals surface area contributed by atoms with Gasteiger partial charge >= 0.3 is 0 Å². The first-order chi connectivity index (χ1) is 16.1. The van der Waals surface area contributed by atoms with Gasteiger partial charge in [-0.2, -0.15) is 10.1 Å². The van der Waals surface area contributed by atoms with Crippen LogP contribution in [-0.4, -0.2) is 19.7 Å². The van der Waals surface area contributed by atoms with Gasteiger partial charge in [-0.3, -0.25) is 10.1 Å². The number of para-hydroxylation sites is 1. The van der Waals surface area contributed by atoms with Gasteiger partial charge in [0.2, 0.25) is 5.95 Å². The smallest absolute Gasteiger partial charge is 0.269 e. The number of rotatable bonds is 3. The Morgan fingerprint density at radius 2 is 1.85 bits per heavy atom. The number of aromatic nitrogens is 3. The highest BCUT2D eigenvalue weighted by Gasteiger charge is 2.41. The fourth-order valence-corrected chi connectivity index (χ4v) is 4.56. The predicted octanol–water partition coefficient (Wildman–Crippen LogP) is 5.05. The van der Waals surface area contributed by atoms with Crippen molar-refractivity contribution in [2.24, 2.45) is 0 Å². The topological polar surface area (TPSA) is 95.1 Å². The number of hydrogen-bond acceptors (Lipinski definition) is 6. The first kappa shape index (κ1) is 19.2. The molecule has 0 saturated heterocycles. The fraction of sp³-hybridized carbons (Fsp3) is 0.120. The highest BCUT2D eigenvalue weighted by Crippen LogP contribution is 2.50. The SMILES string of the molecule is Cc1ccc([C@H]2C3=C(Nc4ncnn42)c2ccccc2O[C@@H]3c2cccc([N+](=O)[O-])c2)cc1. The molecule has 4 aromatic rings. The lowest BCUT2D eigenvalue weighted by molar-refractivity contribution is -0.385. The molecule has 33 heavy (non-hydrogen) atoms. The van der Waals surface area contributed by atoms with Crippen LogP contribution in [-0.2, 0) is 0 Å². The molecule has 3 heterocycles. The summed E-state index contributed by atoms with van der Waals surface area (Å²) in [5.41, 5.74) is 5.64. The Hall–Kier alpha value is -4.46. The molecule has 1 aromatic heterocycles. The van der Waals surface area contributed by atoms with E-state index in [9.17, 15) is 10.1 Å². The Morgan fingerprint density at radius 3 is 2.67 bits per heavy atom. The molecule has 0 unspecified atom stereocenters. The number of aryl methyl sites for hydroxylation is 1. The zero-order chi connectivity index (χ0) is 22.5. The first-order valence-electron chi connectivity index (χ1n) is 10.6. The largest absolute Gasteiger partial charge is 0.480 e. The van der Waals surface area contributed by atoms with Gasteiger partial charge in [-0.1, -0.05) is 54.1 Å². The van der Waals surface area contributed by atoms with Crippen LogP contribution in [0.15, 0.2) is 84.7 Å². The molecule has 1 N–H and O–H groups in total. The molecule has 3 aromatic carbocycles. The summed E-state index contributed by atoms with van der Waals surface area (Å²) in [5.74, 6) is 1.34. The van der Waals surface area contributed by atoms with Gasteiger partial charge in [-0.05, 0) is 24.6 Å². The predicted molar refractivity (Wildman–Crippen MR) is 123 cm³/mol. The van der Waals surface area contributed by atoms with Crippen LogP contribution >= 0.6 is 0 Å². The number of hydrogen-bond donors (Lipinski definition) is 1. The van der Waals surface area contributed by atoms with Gasteiger partial charge in [0, 0.05) is 28.8 Å². The van der Waals surface area contributed by atoms with Crippen LogP contribution in [0.4, 0.5) is 11.6 Å². The van der Waals surface area contributed by atoms with Gasteiger partial charge in [0.1, 0.15) is 24.2 Å². The van der Waals surface area contributed by atoms with Crippen molar-refractivity contribution in [2.45, 2.75) is 19.1 Å². The molecule has 0 amide bonds. The number of nitro benzene ring substituents is 1. The summed E-state index contributed by atoms with van der Waals surface area (Å²) in [5, 5.41) is 19.4. The Kier molecular flexibility index (Phi) is 4.26. The summed E-state index contributed by atoms with van der Waals surface area (Å²) in [7, 11) is 0. The minimum atomic E-state index is -0.550. The number of anilines is 1. The van der Waals surface area contributed by atoms with Crippen LogP contribution in [0.1, 0.15) is 34.4 Å². The second-order valence-corrected chi connectivity index (χ2v) is 8.14. The van der Waals surface area contributed by atoms with Gasteiger partial charge < -0.3 is 10.1 Å². The second-order valence-electron chi connectivity index (χ2n) is 8.14. The number of non-ortho nitro benzene ring substituents is 1. The van der Waals surface area contributed by atoms with Gasteiger partial charge in [-0.25, -0.2) is 4.68 Å². The normalized spacial score (nSPS) is 18.5. The minimum Gasteiger partial charge on any atom is -0.480 e. The lowest BCUT2D eigenvalue weighted by atomic mass is 9.84. The summed E-state index contributed by atoms with van der Waals surface area (Å²) in [4.78, 5) is 15.5. The summed E-state index contributed by atoms with van der Waals surface area (Å²) >= 11 is 0. The van der Waals surface area contributed by atoms with Crippen molar-refractivity contribution < 1.29 is 9.66 Å². The number of ether oxygens (including phenoxy) is 1. The Morgan fingerprint density at radius 1 is 1.03 bits per heavy atom. The van der Waals surface area contributed by atoms with Crippen molar-refractivity contribution in [1.29, 1.82) is 0 Å². The minimum absolute atomic E-state index is 0.0224. The lowest BCUT2D eigenvalue weighted by Gasteiger charge is -2.38. The van der Waals surface area contributed by atoms with Crippen molar-refractivity contribution in [1.82, 2.24) is 14.8 Å². The molecule has 8 nitrogen and oxygen atoms in total.